The third-order valence-corrected chi connectivity index (χ3v) is 2.24. The van der Waals surface area contributed by atoms with Gasteiger partial charge in [-0.15, -0.1) is 13.2 Å². The van der Waals surface area contributed by atoms with Gasteiger partial charge in [0.25, 0.3) is 0 Å². The average Bonchev–Trinajstić information content (AvgIpc) is 2.29. The number of rotatable bonds is 2. The summed E-state index contributed by atoms with van der Waals surface area (Å²) in [5, 5.41) is 0. The summed E-state index contributed by atoms with van der Waals surface area (Å²) in [5.74, 6) is -2.93. The van der Waals surface area contributed by atoms with E-state index in [1.807, 2.05) is 0 Å². The summed E-state index contributed by atoms with van der Waals surface area (Å²) in [6.45, 7) is 0. The van der Waals surface area contributed by atoms with Gasteiger partial charge in [0.05, 0.1) is 5.56 Å². The predicted octanol–water partition coefficient (Wildman–Crippen LogP) is 3.93. The van der Waals surface area contributed by atoms with Crippen molar-refractivity contribution < 1.29 is 26.7 Å². The molecule has 0 unspecified atom stereocenters. The zero-order valence-corrected chi connectivity index (χ0v) is 9.21. The van der Waals surface area contributed by atoms with Crippen LogP contribution in [0.5, 0.6) is 5.75 Å². The van der Waals surface area contributed by atoms with Crippen LogP contribution in [0.2, 0.25) is 0 Å². The fourth-order valence-corrected chi connectivity index (χ4v) is 1.54. The number of benzene rings is 1. The SMILES string of the molecule is Fc1ccnc(F)c1-c1ccccc1OC(F)(F)F. The lowest BCUT2D eigenvalue weighted by molar-refractivity contribution is -0.274. The number of ether oxygens (including phenoxy) is 1. The van der Waals surface area contributed by atoms with E-state index in [-0.39, 0.29) is 5.56 Å². The van der Waals surface area contributed by atoms with Crippen LogP contribution in [0, 0.1) is 11.8 Å². The Labute approximate surface area is 104 Å². The number of alkyl halides is 3. The third kappa shape index (κ3) is 2.98. The first-order valence-electron chi connectivity index (χ1n) is 5.03. The number of halogens is 5. The van der Waals surface area contributed by atoms with Gasteiger partial charge in [0.2, 0.25) is 5.95 Å². The van der Waals surface area contributed by atoms with Crippen molar-refractivity contribution in [1.29, 1.82) is 0 Å². The van der Waals surface area contributed by atoms with E-state index in [1.54, 1.807) is 0 Å². The van der Waals surface area contributed by atoms with Gasteiger partial charge in [-0.05, 0) is 12.1 Å². The van der Waals surface area contributed by atoms with Crippen molar-refractivity contribution in [3.05, 3.63) is 48.3 Å². The summed E-state index contributed by atoms with van der Waals surface area (Å²) in [5.41, 5.74) is -1.02. The molecule has 0 amide bonds. The first-order chi connectivity index (χ1) is 8.88. The lowest BCUT2D eigenvalue weighted by Crippen LogP contribution is -2.17. The first kappa shape index (κ1) is 13.3. The molecule has 2 rings (SSSR count). The molecule has 0 saturated carbocycles. The molecular weight excluding hydrogens is 269 g/mol. The highest BCUT2D eigenvalue weighted by Gasteiger charge is 2.32. The van der Waals surface area contributed by atoms with Gasteiger partial charge in [-0.2, -0.15) is 4.39 Å². The number of hydrogen-bond acceptors (Lipinski definition) is 2. The lowest BCUT2D eigenvalue weighted by Gasteiger charge is -2.13. The Morgan fingerprint density at radius 1 is 1.00 bits per heavy atom. The molecule has 0 fully saturated rings. The fraction of sp³-hybridized carbons (Fsp3) is 0.0833. The fourth-order valence-electron chi connectivity index (χ4n) is 1.54. The summed E-state index contributed by atoms with van der Waals surface area (Å²) in [6.07, 6.45) is -4.08. The van der Waals surface area contributed by atoms with Crippen molar-refractivity contribution in [2.45, 2.75) is 6.36 Å². The molecule has 0 aliphatic carbocycles. The molecule has 0 spiro atoms. The molecule has 2 aromatic rings. The van der Waals surface area contributed by atoms with Crippen LogP contribution in [0.1, 0.15) is 0 Å². The van der Waals surface area contributed by atoms with E-state index in [0.717, 1.165) is 24.4 Å². The quantitative estimate of drug-likeness (QED) is 0.612. The summed E-state index contributed by atoms with van der Waals surface area (Å²) in [4.78, 5) is 3.21. The van der Waals surface area contributed by atoms with Crippen LogP contribution in [0.3, 0.4) is 0 Å². The minimum Gasteiger partial charge on any atom is -0.405 e. The second-order valence-electron chi connectivity index (χ2n) is 3.50. The van der Waals surface area contributed by atoms with E-state index < -0.39 is 29.4 Å². The maximum atomic E-state index is 13.5. The Balaban J connectivity index is 2.57. The van der Waals surface area contributed by atoms with Crippen molar-refractivity contribution in [1.82, 2.24) is 4.98 Å². The molecule has 1 aromatic carbocycles. The van der Waals surface area contributed by atoms with Crippen molar-refractivity contribution in [2.24, 2.45) is 0 Å². The van der Waals surface area contributed by atoms with Crippen LogP contribution < -0.4 is 4.74 Å². The van der Waals surface area contributed by atoms with Crippen LogP contribution in [-0.2, 0) is 0 Å². The molecule has 0 aliphatic rings. The molecule has 100 valence electrons. The number of hydrogen-bond donors (Lipinski definition) is 0. The number of para-hydroxylation sites is 1. The van der Waals surface area contributed by atoms with E-state index in [0.29, 0.717) is 0 Å². The van der Waals surface area contributed by atoms with Gasteiger partial charge < -0.3 is 4.74 Å². The van der Waals surface area contributed by atoms with Crippen LogP contribution in [0.4, 0.5) is 22.0 Å². The highest BCUT2D eigenvalue weighted by molar-refractivity contribution is 5.70. The monoisotopic (exact) mass is 275 g/mol. The van der Waals surface area contributed by atoms with Crippen LogP contribution in [0.25, 0.3) is 11.1 Å². The maximum Gasteiger partial charge on any atom is 0.573 e. The molecular formula is C12H6F5NO. The molecule has 0 saturated heterocycles. The van der Waals surface area contributed by atoms with Gasteiger partial charge in [0, 0.05) is 11.8 Å². The van der Waals surface area contributed by atoms with Crippen LogP contribution in [-0.4, -0.2) is 11.3 Å². The molecule has 0 bridgehead atoms. The van der Waals surface area contributed by atoms with E-state index in [4.69, 9.17) is 0 Å². The van der Waals surface area contributed by atoms with Gasteiger partial charge in [-0.25, -0.2) is 9.37 Å². The summed E-state index contributed by atoms with van der Waals surface area (Å²) >= 11 is 0. The Morgan fingerprint density at radius 2 is 1.68 bits per heavy atom. The molecule has 1 heterocycles. The van der Waals surface area contributed by atoms with Crippen molar-refractivity contribution in [3.8, 4) is 16.9 Å². The Hall–Kier alpha value is -2.18. The number of nitrogens with zero attached hydrogens (tertiary/aromatic N) is 1. The maximum absolute atomic E-state index is 13.5. The minimum absolute atomic E-state index is 0.358. The normalized spacial score (nSPS) is 11.4. The second kappa shape index (κ2) is 4.83. The summed E-state index contributed by atoms with van der Waals surface area (Å²) in [6, 6.07) is 5.53. The van der Waals surface area contributed by atoms with Crippen molar-refractivity contribution in [2.75, 3.05) is 0 Å². The molecule has 7 heteroatoms. The van der Waals surface area contributed by atoms with E-state index in [9.17, 15) is 22.0 Å². The first-order valence-corrected chi connectivity index (χ1v) is 5.03. The largest absolute Gasteiger partial charge is 0.573 e. The molecule has 0 aliphatic heterocycles. The van der Waals surface area contributed by atoms with Gasteiger partial charge in [-0.1, -0.05) is 18.2 Å². The molecule has 0 radical (unpaired) electrons. The molecule has 0 atom stereocenters. The Bertz CT molecular complexity index is 577. The number of pyridine rings is 1. The molecule has 1 aromatic heterocycles. The molecule has 2 nitrogen and oxygen atoms in total. The Kier molecular flexibility index (Phi) is 3.37. The van der Waals surface area contributed by atoms with Crippen molar-refractivity contribution in [3.63, 3.8) is 0 Å². The standard InChI is InChI=1S/C12H6F5NO/c13-8-5-6-18-11(14)10(8)7-3-1-2-4-9(7)19-12(15,16)17/h1-6H. The smallest absolute Gasteiger partial charge is 0.405 e. The second-order valence-corrected chi connectivity index (χ2v) is 3.50. The predicted molar refractivity (Wildman–Crippen MR) is 56.3 cm³/mol. The van der Waals surface area contributed by atoms with Crippen molar-refractivity contribution >= 4 is 0 Å². The minimum atomic E-state index is -4.95. The average molecular weight is 275 g/mol. The summed E-state index contributed by atoms with van der Waals surface area (Å²) < 4.78 is 67.4. The lowest BCUT2D eigenvalue weighted by atomic mass is 10.1. The highest BCUT2D eigenvalue weighted by atomic mass is 19.4. The van der Waals surface area contributed by atoms with Gasteiger partial charge in [0.15, 0.2) is 0 Å². The van der Waals surface area contributed by atoms with E-state index in [2.05, 4.69) is 9.72 Å². The molecule has 19 heavy (non-hydrogen) atoms. The van der Waals surface area contributed by atoms with Gasteiger partial charge in [0.1, 0.15) is 11.6 Å². The van der Waals surface area contributed by atoms with E-state index >= 15 is 0 Å². The van der Waals surface area contributed by atoms with Crippen LogP contribution in [0.15, 0.2) is 36.5 Å². The van der Waals surface area contributed by atoms with Gasteiger partial charge in [-0.3, -0.25) is 0 Å². The highest BCUT2D eigenvalue weighted by Crippen LogP contribution is 2.35. The summed E-state index contributed by atoms with van der Waals surface area (Å²) in [7, 11) is 0. The zero-order valence-electron chi connectivity index (χ0n) is 9.21. The topological polar surface area (TPSA) is 22.1 Å². The zero-order chi connectivity index (χ0) is 14.0. The van der Waals surface area contributed by atoms with Gasteiger partial charge >= 0.3 is 6.36 Å². The third-order valence-electron chi connectivity index (χ3n) is 2.24. The molecule has 0 N–H and O–H groups in total. The number of aromatic nitrogens is 1. The Morgan fingerprint density at radius 3 is 2.32 bits per heavy atom. The van der Waals surface area contributed by atoms with Crippen LogP contribution >= 0.6 is 0 Å². The van der Waals surface area contributed by atoms with E-state index in [1.165, 1.54) is 12.1 Å².